The van der Waals surface area contributed by atoms with Gasteiger partial charge >= 0.3 is 0 Å². The topological polar surface area (TPSA) is 55.4 Å². The Kier molecular flexibility index (Phi) is 9.80. The third-order valence-corrected chi connectivity index (χ3v) is 13.3. The van der Waals surface area contributed by atoms with Gasteiger partial charge in [0.05, 0.1) is 4.90 Å². The molecule has 31 heavy (non-hydrogen) atoms. The minimum absolute atomic E-state index is 0.0351. The van der Waals surface area contributed by atoms with Crippen LogP contribution >= 0.6 is 0 Å². The second-order valence-electron chi connectivity index (χ2n) is 10.9. The molecule has 0 radical (unpaired) electrons. The normalized spacial score (nSPS) is 17.6. The van der Waals surface area contributed by atoms with Gasteiger partial charge < -0.3 is 4.43 Å². The van der Waals surface area contributed by atoms with Crippen molar-refractivity contribution in [1.29, 1.82) is 0 Å². The number of rotatable bonds is 11. The van der Waals surface area contributed by atoms with E-state index in [1.54, 1.807) is 12.1 Å². The molecule has 178 valence electrons. The number of sulfonamides is 1. The highest BCUT2D eigenvalue weighted by atomic mass is 32.2. The molecule has 0 bridgehead atoms. The first kappa shape index (κ1) is 26.6. The van der Waals surface area contributed by atoms with Crippen LogP contribution in [0.4, 0.5) is 0 Å². The number of hydrogen-bond acceptors (Lipinski definition) is 3. The van der Waals surface area contributed by atoms with Gasteiger partial charge in [-0.05, 0) is 68.8 Å². The van der Waals surface area contributed by atoms with Gasteiger partial charge in [-0.25, -0.2) is 13.1 Å². The van der Waals surface area contributed by atoms with Crippen molar-refractivity contribution in [2.75, 3.05) is 6.61 Å². The Hall–Kier alpha value is -0.693. The van der Waals surface area contributed by atoms with E-state index >= 15 is 0 Å². The predicted octanol–water partition coefficient (Wildman–Crippen LogP) is 6.80. The second-order valence-corrected chi connectivity index (χ2v) is 17.4. The Bertz CT molecular complexity index is 763. The van der Waals surface area contributed by atoms with Gasteiger partial charge in [-0.1, -0.05) is 70.6 Å². The first-order valence-corrected chi connectivity index (χ1v) is 16.5. The molecule has 0 heterocycles. The highest BCUT2D eigenvalue weighted by Crippen LogP contribution is 2.36. The van der Waals surface area contributed by atoms with Crippen LogP contribution in [-0.2, 0) is 14.4 Å². The molecule has 0 aliphatic heterocycles. The van der Waals surface area contributed by atoms with Crippen LogP contribution in [0.3, 0.4) is 0 Å². The number of nitrogens with one attached hydrogen (secondary N) is 1. The lowest BCUT2D eigenvalue weighted by Gasteiger charge is -2.36. The summed E-state index contributed by atoms with van der Waals surface area (Å²) in [5.41, 5.74) is 1.07. The maximum Gasteiger partial charge on any atom is 0.240 e. The Balaban J connectivity index is 1.90. The van der Waals surface area contributed by atoms with E-state index in [1.807, 2.05) is 19.1 Å². The van der Waals surface area contributed by atoms with E-state index in [9.17, 15) is 8.42 Å². The molecular formula is C25H45NO3SSi. The Labute approximate surface area is 192 Å². The van der Waals surface area contributed by atoms with Crippen LogP contribution in [0.15, 0.2) is 29.2 Å². The fraction of sp³-hybridized carbons (Fsp3) is 0.760. The summed E-state index contributed by atoms with van der Waals surface area (Å²) >= 11 is 0. The average Bonchev–Trinajstić information content (AvgIpc) is 2.69. The summed E-state index contributed by atoms with van der Waals surface area (Å²) < 4.78 is 35.4. The van der Waals surface area contributed by atoms with Crippen LogP contribution < -0.4 is 4.72 Å². The molecule has 0 spiro atoms. The maximum atomic E-state index is 13.0. The number of aryl methyl sites for hydroxylation is 1. The molecule has 1 aromatic rings. The van der Waals surface area contributed by atoms with Gasteiger partial charge in [0.1, 0.15) is 0 Å². The van der Waals surface area contributed by atoms with Crippen molar-refractivity contribution < 1.29 is 12.8 Å². The first-order valence-electron chi connectivity index (χ1n) is 12.2. The molecule has 0 amide bonds. The summed E-state index contributed by atoms with van der Waals surface area (Å²) in [4.78, 5) is 0.377. The van der Waals surface area contributed by atoms with E-state index in [2.05, 4.69) is 38.6 Å². The first-order chi connectivity index (χ1) is 14.4. The molecule has 1 atom stereocenters. The summed E-state index contributed by atoms with van der Waals surface area (Å²) in [7, 11) is -5.16. The molecule has 1 aliphatic carbocycles. The highest BCUT2D eigenvalue weighted by molar-refractivity contribution is 7.89. The molecule has 0 aromatic heterocycles. The molecule has 6 heteroatoms. The van der Waals surface area contributed by atoms with E-state index in [4.69, 9.17) is 4.43 Å². The lowest BCUT2D eigenvalue weighted by molar-refractivity contribution is 0.262. The van der Waals surface area contributed by atoms with Gasteiger partial charge in [0.2, 0.25) is 10.0 Å². The van der Waals surface area contributed by atoms with Crippen molar-refractivity contribution in [3.05, 3.63) is 29.8 Å². The summed E-state index contributed by atoms with van der Waals surface area (Å²) in [5.74, 6) is 0.456. The van der Waals surface area contributed by atoms with Crippen molar-refractivity contribution in [2.24, 2.45) is 5.92 Å². The van der Waals surface area contributed by atoms with Crippen LogP contribution in [0.25, 0.3) is 0 Å². The quantitative estimate of drug-likeness (QED) is 0.287. The van der Waals surface area contributed by atoms with Crippen molar-refractivity contribution in [3.8, 4) is 0 Å². The minimum atomic E-state index is -3.48. The van der Waals surface area contributed by atoms with Gasteiger partial charge in [-0.3, -0.25) is 0 Å². The van der Waals surface area contributed by atoms with Crippen LogP contribution in [0.2, 0.25) is 18.1 Å². The fourth-order valence-electron chi connectivity index (χ4n) is 4.10. The van der Waals surface area contributed by atoms with Crippen LogP contribution in [0.1, 0.15) is 84.1 Å². The second kappa shape index (κ2) is 11.4. The Morgan fingerprint density at radius 2 is 1.65 bits per heavy atom. The van der Waals surface area contributed by atoms with Gasteiger partial charge in [-0.15, -0.1) is 0 Å². The molecule has 4 nitrogen and oxygen atoms in total. The van der Waals surface area contributed by atoms with Gasteiger partial charge in [0.25, 0.3) is 0 Å². The van der Waals surface area contributed by atoms with Crippen LogP contribution in [-0.4, -0.2) is 29.4 Å². The zero-order valence-corrected chi connectivity index (χ0v) is 22.5. The largest absolute Gasteiger partial charge is 0.417 e. The molecule has 1 aromatic carbocycles. The molecule has 1 fully saturated rings. The van der Waals surface area contributed by atoms with E-state index in [1.165, 1.54) is 19.3 Å². The van der Waals surface area contributed by atoms with Gasteiger partial charge in [0, 0.05) is 12.6 Å². The van der Waals surface area contributed by atoms with Crippen molar-refractivity contribution in [3.63, 3.8) is 0 Å². The van der Waals surface area contributed by atoms with E-state index in [-0.39, 0.29) is 11.1 Å². The van der Waals surface area contributed by atoms with Crippen molar-refractivity contribution in [2.45, 2.75) is 115 Å². The predicted molar refractivity (Wildman–Crippen MR) is 133 cm³/mol. The fourth-order valence-corrected chi connectivity index (χ4v) is 6.53. The van der Waals surface area contributed by atoms with Crippen LogP contribution in [0, 0.1) is 12.8 Å². The highest BCUT2D eigenvalue weighted by Gasteiger charge is 2.36. The molecule has 1 saturated carbocycles. The third-order valence-electron chi connectivity index (χ3n) is 7.29. The maximum absolute atomic E-state index is 13.0. The number of benzene rings is 1. The van der Waals surface area contributed by atoms with E-state index < -0.39 is 18.3 Å². The summed E-state index contributed by atoms with van der Waals surface area (Å²) in [5, 5.41) is 0.243. The van der Waals surface area contributed by atoms with Crippen LogP contribution in [0.5, 0.6) is 0 Å². The zero-order valence-electron chi connectivity index (χ0n) is 20.7. The summed E-state index contributed by atoms with van der Waals surface area (Å²) in [6.45, 7) is 14.2. The molecule has 1 aliphatic rings. The Morgan fingerprint density at radius 1 is 1.03 bits per heavy atom. The monoisotopic (exact) mass is 467 g/mol. The molecule has 1 unspecified atom stereocenters. The van der Waals surface area contributed by atoms with Gasteiger partial charge in [-0.2, -0.15) is 0 Å². The lowest BCUT2D eigenvalue weighted by Crippen LogP contribution is -2.41. The molecular weight excluding hydrogens is 422 g/mol. The van der Waals surface area contributed by atoms with Crippen molar-refractivity contribution in [1.82, 2.24) is 4.72 Å². The van der Waals surface area contributed by atoms with Gasteiger partial charge in [0.15, 0.2) is 8.32 Å². The lowest BCUT2D eigenvalue weighted by atomic mass is 9.82. The minimum Gasteiger partial charge on any atom is -0.417 e. The molecule has 1 N–H and O–H groups in total. The third kappa shape index (κ3) is 8.30. The van der Waals surface area contributed by atoms with E-state index in [0.717, 1.165) is 50.7 Å². The standard InChI is InChI=1S/C25H45NO3SSi/c1-21-16-18-23(19-17-21)30(27,28)26-24(22-13-9-7-10-14-22)15-11-8-12-20-29-31(5,6)25(2,3)4/h16-19,22,24,26H,7-15,20H2,1-6H3. The summed E-state index contributed by atoms with van der Waals surface area (Å²) in [6.07, 6.45) is 10.1. The number of unbranched alkanes of at least 4 members (excludes halogenated alkanes) is 2. The smallest absolute Gasteiger partial charge is 0.240 e. The zero-order chi connectivity index (χ0) is 23.1. The molecule has 2 rings (SSSR count). The average molecular weight is 468 g/mol. The number of hydrogen-bond donors (Lipinski definition) is 1. The van der Waals surface area contributed by atoms with Crippen molar-refractivity contribution >= 4 is 18.3 Å². The summed E-state index contributed by atoms with van der Waals surface area (Å²) in [6, 6.07) is 7.20. The molecule has 0 saturated heterocycles. The SMILES string of the molecule is Cc1ccc(S(=O)(=O)NC(CCCCCO[Si](C)(C)C(C)(C)C)C2CCCCC2)cc1. The van der Waals surface area contributed by atoms with E-state index in [0.29, 0.717) is 10.8 Å². The Morgan fingerprint density at radius 3 is 2.23 bits per heavy atom.